The number of hydrogen-bond acceptors (Lipinski definition) is 2. The number of hydrogen-bond donors (Lipinski definition) is 2. The molecule has 0 fully saturated rings. The van der Waals surface area contributed by atoms with Crippen molar-refractivity contribution in [1.82, 2.24) is 5.32 Å². The zero-order valence-electron chi connectivity index (χ0n) is 11.7. The average molecular weight is 286 g/mol. The van der Waals surface area contributed by atoms with Crippen LogP contribution in [-0.2, 0) is 0 Å². The summed E-state index contributed by atoms with van der Waals surface area (Å²) in [4.78, 5) is 23.5. The molecule has 0 aliphatic heterocycles. The van der Waals surface area contributed by atoms with Gasteiger partial charge in [0.15, 0.2) is 0 Å². The number of rotatable bonds is 3. The Bertz CT molecular complexity index is 698. The SMILES string of the molecule is CNC(=O)c1ccc(NC(=O)c2ccccc2F)c(C)c1. The Morgan fingerprint density at radius 2 is 1.76 bits per heavy atom. The smallest absolute Gasteiger partial charge is 0.258 e. The molecule has 0 heterocycles. The number of benzene rings is 2. The second kappa shape index (κ2) is 6.17. The maximum absolute atomic E-state index is 13.5. The van der Waals surface area contributed by atoms with Gasteiger partial charge in [0.05, 0.1) is 5.56 Å². The van der Waals surface area contributed by atoms with Crippen molar-refractivity contribution in [1.29, 1.82) is 0 Å². The minimum absolute atomic E-state index is 0.0210. The minimum atomic E-state index is -0.574. The monoisotopic (exact) mass is 286 g/mol. The largest absolute Gasteiger partial charge is 0.355 e. The van der Waals surface area contributed by atoms with Crippen molar-refractivity contribution in [2.45, 2.75) is 6.92 Å². The third-order valence-corrected chi connectivity index (χ3v) is 3.08. The van der Waals surface area contributed by atoms with Crippen molar-refractivity contribution in [2.24, 2.45) is 0 Å². The number of nitrogens with one attached hydrogen (secondary N) is 2. The predicted octanol–water partition coefficient (Wildman–Crippen LogP) is 2.75. The molecule has 5 heteroatoms. The molecule has 0 aliphatic carbocycles. The van der Waals surface area contributed by atoms with Crippen LogP contribution in [0.3, 0.4) is 0 Å². The average Bonchev–Trinajstić information content (AvgIpc) is 2.48. The van der Waals surface area contributed by atoms with Gasteiger partial charge in [-0.2, -0.15) is 0 Å². The third kappa shape index (κ3) is 3.25. The van der Waals surface area contributed by atoms with Gasteiger partial charge in [0.2, 0.25) is 0 Å². The Hall–Kier alpha value is -2.69. The quantitative estimate of drug-likeness (QED) is 0.911. The highest BCUT2D eigenvalue weighted by Crippen LogP contribution is 2.18. The maximum Gasteiger partial charge on any atom is 0.258 e. The molecular weight excluding hydrogens is 271 g/mol. The lowest BCUT2D eigenvalue weighted by molar-refractivity contribution is 0.0962. The van der Waals surface area contributed by atoms with Gasteiger partial charge in [0.1, 0.15) is 5.82 Å². The Morgan fingerprint density at radius 1 is 1.05 bits per heavy atom. The molecule has 2 aromatic carbocycles. The number of aryl methyl sites for hydroxylation is 1. The molecule has 2 amide bonds. The number of carbonyl (C=O) groups is 2. The van der Waals surface area contributed by atoms with Gasteiger partial charge in [-0.3, -0.25) is 9.59 Å². The molecule has 0 saturated carbocycles. The molecule has 108 valence electrons. The molecule has 0 atom stereocenters. The summed E-state index contributed by atoms with van der Waals surface area (Å²) in [5, 5.41) is 5.17. The topological polar surface area (TPSA) is 58.2 Å². The first-order valence-electron chi connectivity index (χ1n) is 6.41. The fourth-order valence-corrected chi connectivity index (χ4v) is 1.92. The van der Waals surface area contributed by atoms with Gasteiger partial charge in [-0.1, -0.05) is 12.1 Å². The van der Waals surface area contributed by atoms with E-state index in [1.807, 2.05) is 0 Å². The van der Waals surface area contributed by atoms with Crippen LogP contribution in [-0.4, -0.2) is 18.9 Å². The van der Waals surface area contributed by atoms with Crippen molar-refractivity contribution in [2.75, 3.05) is 12.4 Å². The first-order valence-corrected chi connectivity index (χ1v) is 6.41. The van der Waals surface area contributed by atoms with Crippen LogP contribution < -0.4 is 10.6 Å². The highest BCUT2D eigenvalue weighted by atomic mass is 19.1. The zero-order valence-corrected chi connectivity index (χ0v) is 11.7. The van der Waals surface area contributed by atoms with Gasteiger partial charge in [-0.15, -0.1) is 0 Å². The molecule has 0 saturated heterocycles. The van der Waals surface area contributed by atoms with Crippen LogP contribution in [0.1, 0.15) is 26.3 Å². The predicted molar refractivity (Wildman–Crippen MR) is 78.9 cm³/mol. The fraction of sp³-hybridized carbons (Fsp3) is 0.125. The summed E-state index contributed by atoms with van der Waals surface area (Å²) in [6.07, 6.45) is 0. The summed E-state index contributed by atoms with van der Waals surface area (Å²) in [7, 11) is 1.55. The van der Waals surface area contributed by atoms with E-state index < -0.39 is 11.7 Å². The fourth-order valence-electron chi connectivity index (χ4n) is 1.92. The summed E-state index contributed by atoms with van der Waals surface area (Å²) in [6, 6.07) is 10.7. The molecule has 0 aliphatic rings. The van der Waals surface area contributed by atoms with Crippen LogP contribution in [0, 0.1) is 12.7 Å². The minimum Gasteiger partial charge on any atom is -0.355 e. The highest BCUT2D eigenvalue weighted by molar-refractivity contribution is 6.05. The van der Waals surface area contributed by atoms with E-state index in [1.165, 1.54) is 18.2 Å². The molecule has 0 radical (unpaired) electrons. The lowest BCUT2D eigenvalue weighted by Crippen LogP contribution is -2.18. The van der Waals surface area contributed by atoms with Gasteiger partial charge in [-0.05, 0) is 42.8 Å². The molecule has 2 N–H and O–H groups in total. The van der Waals surface area contributed by atoms with Crippen LogP contribution in [0.4, 0.5) is 10.1 Å². The second-order valence-electron chi connectivity index (χ2n) is 4.54. The van der Waals surface area contributed by atoms with Crippen molar-refractivity contribution < 1.29 is 14.0 Å². The van der Waals surface area contributed by atoms with Crippen molar-refractivity contribution in [3.8, 4) is 0 Å². The summed E-state index contributed by atoms with van der Waals surface area (Å²) in [5.41, 5.74) is 1.74. The zero-order chi connectivity index (χ0) is 15.4. The van der Waals surface area contributed by atoms with E-state index in [4.69, 9.17) is 0 Å². The van der Waals surface area contributed by atoms with E-state index in [2.05, 4.69) is 10.6 Å². The number of halogens is 1. The molecule has 0 aromatic heterocycles. The summed E-state index contributed by atoms with van der Waals surface area (Å²) in [6.45, 7) is 1.77. The van der Waals surface area contributed by atoms with Crippen LogP contribution in [0.15, 0.2) is 42.5 Å². The van der Waals surface area contributed by atoms with Gasteiger partial charge < -0.3 is 10.6 Å². The molecule has 4 nitrogen and oxygen atoms in total. The Kier molecular flexibility index (Phi) is 4.33. The van der Waals surface area contributed by atoms with E-state index in [1.54, 1.807) is 38.2 Å². The maximum atomic E-state index is 13.5. The molecule has 21 heavy (non-hydrogen) atoms. The number of anilines is 1. The number of carbonyl (C=O) groups excluding carboxylic acids is 2. The molecule has 0 bridgehead atoms. The van der Waals surface area contributed by atoms with Gasteiger partial charge in [0.25, 0.3) is 11.8 Å². The Labute approximate surface area is 122 Å². The molecular formula is C16H15FN2O2. The van der Waals surface area contributed by atoms with Crippen molar-refractivity contribution in [3.05, 3.63) is 65.0 Å². The first kappa shape index (κ1) is 14.7. The van der Waals surface area contributed by atoms with E-state index in [0.29, 0.717) is 11.3 Å². The normalized spacial score (nSPS) is 10.0. The first-order chi connectivity index (χ1) is 10.0. The van der Waals surface area contributed by atoms with Crippen molar-refractivity contribution >= 4 is 17.5 Å². The Balaban J connectivity index is 2.22. The summed E-state index contributed by atoms with van der Waals surface area (Å²) < 4.78 is 13.5. The van der Waals surface area contributed by atoms with Crippen molar-refractivity contribution in [3.63, 3.8) is 0 Å². The van der Waals surface area contributed by atoms with Crippen LogP contribution in [0.25, 0.3) is 0 Å². The molecule has 0 unspecified atom stereocenters. The highest BCUT2D eigenvalue weighted by Gasteiger charge is 2.13. The van der Waals surface area contributed by atoms with E-state index in [0.717, 1.165) is 5.56 Å². The van der Waals surface area contributed by atoms with E-state index in [9.17, 15) is 14.0 Å². The molecule has 0 spiro atoms. The second-order valence-corrected chi connectivity index (χ2v) is 4.54. The van der Waals surface area contributed by atoms with E-state index in [-0.39, 0.29) is 11.5 Å². The van der Waals surface area contributed by atoms with Gasteiger partial charge in [-0.25, -0.2) is 4.39 Å². The summed E-state index contributed by atoms with van der Waals surface area (Å²) in [5.74, 6) is -1.30. The van der Waals surface area contributed by atoms with Gasteiger partial charge >= 0.3 is 0 Å². The summed E-state index contributed by atoms with van der Waals surface area (Å²) >= 11 is 0. The lowest BCUT2D eigenvalue weighted by Gasteiger charge is -2.10. The third-order valence-electron chi connectivity index (χ3n) is 3.08. The van der Waals surface area contributed by atoms with Gasteiger partial charge in [0, 0.05) is 18.3 Å². The molecule has 2 aromatic rings. The van der Waals surface area contributed by atoms with Crippen LogP contribution in [0.2, 0.25) is 0 Å². The lowest BCUT2D eigenvalue weighted by atomic mass is 10.1. The van der Waals surface area contributed by atoms with E-state index >= 15 is 0 Å². The standard InChI is InChI=1S/C16H15FN2O2/c1-10-9-11(15(20)18-2)7-8-14(10)19-16(21)12-5-3-4-6-13(12)17/h3-9H,1-2H3,(H,18,20)(H,19,21). The Morgan fingerprint density at radius 3 is 2.38 bits per heavy atom. The molecule has 2 rings (SSSR count). The van der Waals surface area contributed by atoms with Crippen LogP contribution >= 0.6 is 0 Å². The number of amides is 2. The van der Waals surface area contributed by atoms with Crippen LogP contribution in [0.5, 0.6) is 0 Å².